The van der Waals surface area contributed by atoms with Crippen molar-refractivity contribution in [1.29, 1.82) is 0 Å². The summed E-state index contributed by atoms with van der Waals surface area (Å²) in [6.45, 7) is 1.91. The van der Waals surface area contributed by atoms with Crippen LogP contribution in [0.3, 0.4) is 0 Å². The highest BCUT2D eigenvalue weighted by Crippen LogP contribution is 2.20. The average molecular weight is 321 g/mol. The Labute approximate surface area is 140 Å². The predicted molar refractivity (Wildman–Crippen MR) is 91.8 cm³/mol. The molecule has 122 valence electrons. The molecule has 0 radical (unpaired) electrons. The maximum Gasteiger partial charge on any atom is 0.338 e. The molecule has 0 fully saturated rings. The van der Waals surface area contributed by atoms with Gasteiger partial charge in [-0.05, 0) is 36.1 Å². The van der Waals surface area contributed by atoms with E-state index in [4.69, 9.17) is 4.74 Å². The van der Waals surface area contributed by atoms with Gasteiger partial charge in [0.15, 0.2) is 0 Å². The van der Waals surface area contributed by atoms with Gasteiger partial charge in [-0.1, -0.05) is 41.6 Å². The third-order valence-corrected chi connectivity index (χ3v) is 3.97. The van der Waals surface area contributed by atoms with Crippen molar-refractivity contribution in [3.05, 3.63) is 70.9 Å². The molecule has 0 spiro atoms. The normalized spacial score (nSPS) is 10.6. The second kappa shape index (κ2) is 6.66. The lowest BCUT2D eigenvalue weighted by molar-refractivity contribution is 0.0600. The molecule has 0 amide bonds. The summed E-state index contributed by atoms with van der Waals surface area (Å²) in [5.41, 5.74) is 5.67. The van der Waals surface area contributed by atoms with Crippen molar-refractivity contribution in [1.82, 2.24) is 15.0 Å². The number of hydrogen-bond donors (Lipinski definition) is 0. The first-order valence-electron chi connectivity index (χ1n) is 7.70. The first kappa shape index (κ1) is 15.9. The molecule has 3 rings (SSSR count). The van der Waals surface area contributed by atoms with Crippen molar-refractivity contribution in [2.24, 2.45) is 7.05 Å². The molecule has 0 saturated carbocycles. The van der Waals surface area contributed by atoms with Gasteiger partial charge in [0, 0.05) is 12.6 Å². The van der Waals surface area contributed by atoms with Gasteiger partial charge in [0.05, 0.1) is 18.9 Å². The average Bonchev–Trinajstić information content (AvgIpc) is 3.03. The summed E-state index contributed by atoms with van der Waals surface area (Å²) in [6.07, 6.45) is 2.64. The molecule has 5 nitrogen and oxygen atoms in total. The van der Waals surface area contributed by atoms with Crippen molar-refractivity contribution in [3.8, 4) is 11.3 Å². The molecule has 1 heterocycles. The van der Waals surface area contributed by atoms with Gasteiger partial charge >= 0.3 is 5.97 Å². The number of nitrogens with zero attached hydrogens (tertiary/aromatic N) is 3. The molecule has 2 aromatic carbocycles. The van der Waals surface area contributed by atoms with Crippen molar-refractivity contribution in [2.45, 2.75) is 13.3 Å². The van der Waals surface area contributed by atoms with Crippen molar-refractivity contribution < 1.29 is 9.53 Å². The van der Waals surface area contributed by atoms with Gasteiger partial charge in [-0.3, -0.25) is 4.68 Å². The van der Waals surface area contributed by atoms with Crippen molar-refractivity contribution in [2.75, 3.05) is 7.11 Å². The minimum absolute atomic E-state index is 0.299. The van der Waals surface area contributed by atoms with Gasteiger partial charge in [-0.2, -0.15) is 0 Å². The highest BCUT2D eigenvalue weighted by atomic mass is 16.5. The van der Waals surface area contributed by atoms with E-state index in [0.29, 0.717) is 5.56 Å². The second-order valence-corrected chi connectivity index (χ2v) is 5.79. The van der Waals surface area contributed by atoms with E-state index in [-0.39, 0.29) is 5.97 Å². The van der Waals surface area contributed by atoms with Crippen LogP contribution in [0.15, 0.2) is 48.7 Å². The number of aryl methyl sites for hydroxylation is 2. The van der Waals surface area contributed by atoms with Crippen LogP contribution >= 0.6 is 0 Å². The lowest BCUT2D eigenvalue weighted by Gasteiger charge is -2.08. The molecule has 5 heteroatoms. The zero-order valence-corrected chi connectivity index (χ0v) is 14.0. The fourth-order valence-electron chi connectivity index (χ4n) is 2.62. The van der Waals surface area contributed by atoms with Gasteiger partial charge < -0.3 is 4.74 Å². The van der Waals surface area contributed by atoms with Gasteiger partial charge in [-0.15, -0.1) is 5.10 Å². The van der Waals surface area contributed by atoms with E-state index in [9.17, 15) is 4.79 Å². The molecular formula is C19H19N3O2. The minimum Gasteiger partial charge on any atom is -0.465 e. The Kier molecular flexibility index (Phi) is 4.42. The Morgan fingerprint density at radius 1 is 1.12 bits per heavy atom. The van der Waals surface area contributed by atoms with E-state index in [2.05, 4.69) is 22.4 Å². The fourth-order valence-corrected chi connectivity index (χ4v) is 2.62. The maximum absolute atomic E-state index is 11.8. The standard InChI is InChI=1S/C19H19N3O2/c1-13-4-5-15(11-17(13)19(23)24-3)10-14-6-8-16(9-7-14)18-12-22(2)21-20-18/h4-9,11-12H,10H2,1-3H3. The number of benzene rings is 2. The molecule has 0 aliphatic carbocycles. The molecule has 0 aliphatic heterocycles. The summed E-state index contributed by atoms with van der Waals surface area (Å²) in [4.78, 5) is 11.8. The number of esters is 1. The van der Waals surface area contributed by atoms with E-state index in [1.54, 1.807) is 4.68 Å². The Morgan fingerprint density at radius 3 is 2.46 bits per heavy atom. The Balaban J connectivity index is 1.80. The van der Waals surface area contributed by atoms with Crippen LogP contribution in [0.4, 0.5) is 0 Å². The minimum atomic E-state index is -0.299. The molecule has 3 aromatic rings. The number of ether oxygens (including phenoxy) is 1. The van der Waals surface area contributed by atoms with E-state index < -0.39 is 0 Å². The molecule has 24 heavy (non-hydrogen) atoms. The monoisotopic (exact) mass is 321 g/mol. The van der Waals surface area contributed by atoms with Gasteiger partial charge in [0.25, 0.3) is 0 Å². The molecular weight excluding hydrogens is 302 g/mol. The van der Waals surface area contributed by atoms with E-state index in [1.807, 2.05) is 50.5 Å². The molecule has 1 aromatic heterocycles. The van der Waals surface area contributed by atoms with Crippen LogP contribution in [0.1, 0.15) is 27.0 Å². The third kappa shape index (κ3) is 3.35. The van der Waals surface area contributed by atoms with E-state index in [0.717, 1.165) is 28.8 Å². The van der Waals surface area contributed by atoms with Crippen LogP contribution in [0.2, 0.25) is 0 Å². The fraction of sp³-hybridized carbons (Fsp3) is 0.211. The van der Waals surface area contributed by atoms with Gasteiger partial charge in [0.1, 0.15) is 5.69 Å². The number of carbonyl (C=O) groups is 1. The molecule has 0 atom stereocenters. The van der Waals surface area contributed by atoms with Crippen LogP contribution in [0.5, 0.6) is 0 Å². The van der Waals surface area contributed by atoms with Crippen LogP contribution in [0.25, 0.3) is 11.3 Å². The lowest BCUT2D eigenvalue weighted by Crippen LogP contribution is -2.04. The molecule has 0 bridgehead atoms. The van der Waals surface area contributed by atoms with E-state index in [1.165, 1.54) is 12.7 Å². The highest BCUT2D eigenvalue weighted by Gasteiger charge is 2.10. The number of carbonyl (C=O) groups excluding carboxylic acids is 1. The van der Waals surface area contributed by atoms with Crippen LogP contribution < -0.4 is 0 Å². The van der Waals surface area contributed by atoms with Gasteiger partial charge in [-0.25, -0.2) is 4.79 Å². The molecule has 0 unspecified atom stereocenters. The predicted octanol–water partition coefficient (Wildman–Crippen LogP) is 3.17. The summed E-state index contributed by atoms with van der Waals surface area (Å²) in [7, 11) is 3.25. The van der Waals surface area contributed by atoms with Crippen LogP contribution in [-0.2, 0) is 18.2 Å². The number of rotatable bonds is 4. The third-order valence-electron chi connectivity index (χ3n) is 3.97. The highest BCUT2D eigenvalue weighted by molar-refractivity contribution is 5.91. The summed E-state index contributed by atoms with van der Waals surface area (Å²) in [6, 6.07) is 14.1. The largest absolute Gasteiger partial charge is 0.465 e. The van der Waals surface area contributed by atoms with E-state index >= 15 is 0 Å². The summed E-state index contributed by atoms with van der Waals surface area (Å²) in [5.74, 6) is -0.299. The number of hydrogen-bond acceptors (Lipinski definition) is 4. The summed E-state index contributed by atoms with van der Waals surface area (Å²) >= 11 is 0. The topological polar surface area (TPSA) is 57.0 Å². The van der Waals surface area contributed by atoms with Crippen molar-refractivity contribution in [3.63, 3.8) is 0 Å². The Hall–Kier alpha value is -2.95. The Bertz CT molecular complexity index is 867. The number of aromatic nitrogens is 3. The first-order chi connectivity index (χ1) is 11.6. The molecule has 0 saturated heterocycles. The first-order valence-corrected chi connectivity index (χ1v) is 7.70. The molecule has 0 aliphatic rings. The lowest BCUT2D eigenvalue weighted by atomic mass is 9.99. The quantitative estimate of drug-likeness (QED) is 0.693. The molecule has 0 N–H and O–H groups in total. The zero-order valence-electron chi connectivity index (χ0n) is 14.0. The Morgan fingerprint density at radius 2 is 1.83 bits per heavy atom. The summed E-state index contributed by atoms with van der Waals surface area (Å²) in [5, 5.41) is 8.06. The number of methoxy groups -OCH3 is 1. The maximum atomic E-state index is 11.8. The van der Waals surface area contributed by atoms with Crippen LogP contribution in [0, 0.1) is 6.92 Å². The smallest absolute Gasteiger partial charge is 0.338 e. The second-order valence-electron chi connectivity index (χ2n) is 5.79. The van der Waals surface area contributed by atoms with Gasteiger partial charge in [0.2, 0.25) is 0 Å². The zero-order chi connectivity index (χ0) is 17.1. The van der Waals surface area contributed by atoms with Crippen molar-refractivity contribution >= 4 is 5.97 Å². The van der Waals surface area contributed by atoms with Crippen LogP contribution in [-0.4, -0.2) is 28.1 Å². The summed E-state index contributed by atoms with van der Waals surface area (Å²) < 4.78 is 6.52. The SMILES string of the molecule is COC(=O)c1cc(Cc2ccc(-c3cn(C)nn3)cc2)ccc1C.